The molecule has 0 bridgehead atoms. The fourth-order valence-electron chi connectivity index (χ4n) is 3.10. The Kier molecular flexibility index (Phi) is 7.68. The normalized spacial score (nSPS) is 24.0. The Labute approximate surface area is 143 Å². The fraction of sp³-hybridized carbons (Fsp3) is 0.765. The third-order valence-corrected chi connectivity index (χ3v) is 4.52. The predicted molar refractivity (Wildman–Crippen MR) is 91.3 cm³/mol. The number of nitrogens with two attached hydrogens (primary N) is 1. The number of nitrogens with one attached hydrogen (secondary N) is 1. The summed E-state index contributed by atoms with van der Waals surface area (Å²) in [4.78, 5) is 16.6. The summed E-state index contributed by atoms with van der Waals surface area (Å²) in [6.07, 6.45) is 6.98. The number of ether oxygens (including phenoxy) is 2. The minimum atomic E-state index is -0.0618. The van der Waals surface area contributed by atoms with Gasteiger partial charge in [0, 0.05) is 38.4 Å². The van der Waals surface area contributed by atoms with Crippen LogP contribution in [0.4, 0.5) is 0 Å². The number of aromatic nitrogens is 2. The molecule has 1 aliphatic carbocycles. The molecule has 0 aliphatic heterocycles. The molecule has 1 aromatic rings. The van der Waals surface area contributed by atoms with Crippen molar-refractivity contribution in [3.8, 4) is 0 Å². The van der Waals surface area contributed by atoms with E-state index in [1.54, 1.807) is 19.6 Å². The Morgan fingerprint density at radius 1 is 1.46 bits per heavy atom. The highest BCUT2D eigenvalue weighted by atomic mass is 16.5. The highest BCUT2D eigenvalue weighted by molar-refractivity contribution is 5.78. The van der Waals surface area contributed by atoms with Gasteiger partial charge in [0.2, 0.25) is 5.91 Å². The predicted octanol–water partition coefficient (Wildman–Crippen LogP) is 1.07. The molecule has 1 saturated carbocycles. The van der Waals surface area contributed by atoms with E-state index in [1.165, 1.54) is 0 Å². The Morgan fingerprint density at radius 2 is 2.29 bits per heavy atom. The second-order valence-electron chi connectivity index (χ2n) is 6.37. The number of carbonyl (C=O) groups excluding carboxylic acids is 1. The number of hydrogen-bond acceptors (Lipinski definition) is 5. The van der Waals surface area contributed by atoms with Crippen molar-refractivity contribution in [3.63, 3.8) is 0 Å². The molecule has 7 heteroatoms. The topological polar surface area (TPSA) is 91.4 Å². The third-order valence-electron chi connectivity index (χ3n) is 4.52. The Bertz CT molecular complexity index is 506. The molecule has 1 aromatic heterocycles. The Balaban J connectivity index is 1.78. The van der Waals surface area contributed by atoms with Crippen molar-refractivity contribution in [3.05, 3.63) is 18.2 Å². The van der Waals surface area contributed by atoms with Gasteiger partial charge >= 0.3 is 0 Å². The van der Waals surface area contributed by atoms with Gasteiger partial charge in [-0.25, -0.2) is 4.98 Å². The molecule has 3 N–H and O–H groups in total. The van der Waals surface area contributed by atoms with E-state index in [-0.39, 0.29) is 24.0 Å². The van der Waals surface area contributed by atoms with Crippen molar-refractivity contribution >= 4 is 5.91 Å². The summed E-state index contributed by atoms with van der Waals surface area (Å²) in [7, 11) is 1.67. The van der Waals surface area contributed by atoms with Gasteiger partial charge in [0.15, 0.2) is 0 Å². The van der Waals surface area contributed by atoms with E-state index in [0.29, 0.717) is 19.6 Å². The lowest BCUT2D eigenvalue weighted by Gasteiger charge is -2.33. The molecular weight excluding hydrogens is 308 g/mol. The zero-order valence-electron chi connectivity index (χ0n) is 14.7. The van der Waals surface area contributed by atoms with Crippen molar-refractivity contribution < 1.29 is 14.3 Å². The molecule has 1 aliphatic rings. The largest absolute Gasteiger partial charge is 0.383 e. The van der Waals surface area contributed by atoms with Crippen LogP contribution in [0, 0.1) is 5.92 Å². The summed E-state index contributed by atoms with van der Waals surface area (Å²) < 4.78 is 12.8. The number of rotatable bonds is 9. The van der Waals surface area contributed by atoms with Crippen LogP contribution in [0.25, 0.3) is 0 Å². The molecule has 136 valence electrons. The number of nitrogens with zero attached hydrogens (tertiary/aromatic N) is 2. The molecular formula is C17H30N4O3. The van der Waals surface area contributed by atoms with Crippen LogP contribution in [0.5, 0.6) is 0 Å². The first-order chi connectivity index (χ1) is 11.7. The number of amides is 1. The summed E-state index contributed by atoms with van der Waals surface area (Å²) >= 11 is 0. The molecule has 0 unspecified atom stereocenters. The van der Waals surface area contributed by atoms with E-state index < -0.39 is 0 Å². The van der Waals surface area contributed by atoms with Crippen LogP contribution in [-0.4, -0.2) is 47.9 Å². The van der Waals surface area contributed by atoms with Crippen molar-refractivity contribution in [2.45, 2.75) is 57.8 Å². The van der Waals surface area contributed by atoms with Gasteiger partial charge in [-0.3, -0.25) is 4.79 Å². The zero-order chi connectivity index (χ0) is 17.4. The van der Waals surface area contributed by atoms with Crippen LogP contribution in [0.1, 0.15) is 38.3 Å². The van der Waals surface area contributed by atoms with Crippen molar-refractivity contribution in [1.29, 1.82) is 0 Å². The van der Waals surface area contributed by atoms with Crippen LogP contribution in [0.15, 0.2) is 12.5 Å². The highest BCUT2D eigenvalue weighted by Gasteiger charge is 2.32. The average Bonchev–Trinajstić information content (AvgIpc) is 3.04. The fourth-order valence-corrected chi connectivity index (χ4v) is 3.10. The lowest BCUT2D eigenvalue weighted by molar-refractivity contribution is -0.127. The monoisotopic (exact) mass is 338 g/mol. The first-order valence-electron chi connectivity index (χ1n) is 8.78. The summed E-state index contributed by atoms with van der Waals surface area (Å²) in [5.74, 6) is 0.0377. The van der Waals surface area contributed by atoms with Crippen molar-refractivity contribution in [1.82, 2.24) is 14.9 Å². The molecule has 2 rings (SSSR count). The molecule has 24 heavy (non-hydrogen) atoms. The molecule has 3 atom stereocenters. The molecule has 0 radical (unpaired) electrons. The van der Waals surface area contributed by atoms with Gasteiger partial charge in [0.25, 0.3) is 0 Å². The van der Waals surface area contributed by atoms with E-state index in [1.807, 2.05) is 4.57 Å². The van der Waals surface area contributed by atoms with Gasteiger partial charge in [-0.2, -0.15) is 0 Å². The van der Waals surface area contributed by atoms with Crippen molar-refractivity contribution in [2.24, 2.45) is 11.7 Å². The van der Waals surface area contributed by atoms with E-state index in [4.69, 9.17) is 15.2 Å². The van der Waals surface area contributed by atoms with Crippen LogP contribution in [-0.2, 0) is 27.4 Å². The molecule has 0 aromatic carbocycles. The first kappa shape index (κ1) is 18.9. The summed E-state index contributed by atoms with van der Waals surface area (Å²) in [5, 5.41) is 3.01. The van der Waals surface area contributed by atoms with Crippen LogP contribution < -0.4 is 11.1 Å². The second kappa shape index (κ2) is 9.76. The van der Waals surface area contributed by atoms with E-state index in [9.17, 15) is 4.79 Å². The second-order valence-corrected chi connectivity index (χ2v) is 6.37. The number of imidazole rings is 1. The van der Waals surface area contributed by atoms with Crippen LogP contribution in [0.3, 0.4) is 0 Å². The molecule has 7 nitrogen and oxygen atoms in total. The summed E-state index contributed by atoms with van der Waals surface area (Å²) in [6.45, 7) is 4.65. The van der Waals surface area contributed by atoms with Gasteiger partial charge in [-0.15, -0.1) is 0 Å². The maximum atomic E-state index is 12.4. The smallest absolute Gasteiger partial charge is 0.223 e. The van der Waals surface area contributed by atoms with Crippen LogP contribution >= 0.6 is 0 Å². The number of hydrogen-bond donors (Lipinski definition) is 2. The molecule has 1 fully saturated rings. The zero-order valence-corrected chi connectivity index (χ0v) is 14.7. The lowest BCUT2D eigenvalue weighted by Crippen LogP contribution is -2.46. The van der Waals surface area contributed by atoms with Gasteiger partial charge in [-0.1, -0.05) is 6.92 Å². The Morgan fingerprint density at radius 3 is 3.00 bits per heavy atom. The standard InChI is InChI=1S/C17H30N4O3/c1-3-7-24-16-5-4-13(9-15(16)18)17(22)20-11-14-10-19-12-21(14)6-8-23-2/h10,12-13,15-16H,3-9,11,18H2,1-2H3,(H,20,22)/t13-,15+,16+/m0/s1. The van der Waals surface area contributed by atoms with Gasteiger partial charge in [-0.05, 0) is 25.7 Å². The maximum Gasteiger partial charge on any atom is 0.223 e. The highest BCUT2D eigenvalue weighted by Crippen LogP contribution is 2.26. The molecule has 0 spiro atoms. The minimum Gasteiger partial charge on any atom is -0.383 e. The number of carbonyl (C=O) groups is 1. The number of methoxy groups -OCH3 is 1. The van der Waals surface area contributed by atoms with Gasteiger partial charge in [0.05, 0.1) is 31.3 Å². The Hall–Kier alpha value is -1.44. The van der Waals surface area contributed by atoms with Crippen molar-refractivity contribution in [2.75, 3.05) is 20.3 Å². The molecule has 0 saturated heterocycles. The van der Waals surface area contributed by atoms with E-state index in [2.05, 4.69) is 17.2 Å². The first-order valence-corrected chi connectivity index (χ1v) is 8.78. The maximum absolute atomic E-state index is 12.4. The quantitative estimate of drug-likeness (QED) is 0.703. The molecule has 1 heterocycles. The van der Waals surface area contributed by atoms with Crippen LogP contribution in [0.2, 0.25) is 0 Å². The minimum absolute atomic E-state index is 0.0307. The average molecular weight is 338 g/mol. The SMILES string of the molecule is CCCO[C@@H]1CC[C@H](C(=O)NCc2cncn2CCOC)C[C@H]1N. The summed E-state index contributed by atoms with van der Waals surface area (Å²) in [5.41, 5.74) is 7.16. The lowest BCUT2D eigenvalue weighted by atomic mass is 9.83. The summed E-state index contributed by atoms with van der Waals surface area (Å²) in [6, 6.07) is -0.0618. The van der Waals surface area contributed by atoms with E-state index in [0.717, 1.165) is 38.1 Å². The van der Waals surface area contributed by atoms with Gasteiger partial charge < -0.3 is 25.1 Å². The van der Waals surface area contributed by atoms with E-state index >= 15 is 0 Å². The molecule has 1 amide bonds. The van der Waals surface area contributed by atoms with Gasteiger partial charge in [0.1, 0.15) is 0 Å². The third kappa shape index (κ3) is 5.29.